The maximum absolute atomic E-state index is 12.6. The van der Waals surface area contributed by atoms with Crippen LogP contribution in [0.1, 0.15) is 23.7 Å². The molecular weight excluding hydrogens is 394 g/mol. The molecule has 0 saturated heterocycles. The first-order valence-electron chi connectivity index (χ1n) is 8.87. The van der Waals surface area contributed by atoms with Crippen molar-refractivity contribution < 1.29 is 23.5 Å². The van der Waals surface area contributed by atoms with Gasteiger partial charge < -0.3 is 13.9 Å². The van der Waals surface area contributed by atoms with Gasteiger partial charge in [0, 0.05) is 0 Å². The van der Waals surface area contributed by atoms with Gasteiger partial charge in [-0.25, -0.2) is 14.8 Å². The maximum atomic E-state index is 12.6. The molecule has 2 aromatic heterocycles. The number of thiazole rings is 1. The van der Waals surface area contributed by atoms with Crippen LogP contribution in [0.3, 0.4) is 0 Å². The molecule has 4 rings (SSSR count). The highest BCUT2D eigenvalue weighted by Gasteiger charge is 2.24. The zero-order valence-electron chi connectivity index (χ0n) is 15.7. The number of ether oxygens (including phenoxy) is 2. The molecule has 0 aliphatic carbocycles. The second kappa shape index (κ2) is 7.88. The second-order valence-electron chi connectivity index (χ2n) is 6.15. The van der Waals surface area contributed by atoms with Gasteiger partial charge in [0.1, 0.15) is 11.3 Å². The number of nitrogens with zero attached hydrogens (tertiary/aromatic N) is 2. The summed E-state index contributed by atoms with van der Waals surface area (Å²) >= 11 is 1.32. The van der Waals surface area contributed by atoms with E-state index < -0.39 is 18.0 Å². The molecule has 1 N–H and O–H groups in total. The van der Waals surface area contributed by atoms with Gasteiger partial charge in [0.25, 0.3) is 5.91 Å². The summed E-state index contributed by atoms with van der Waals surface area (Å²) in [5.74, 6) is -0.374. The van der Waals surface area contributed by atoms with Crippen LogP contribution < -0.4 is 10.1 Å². The summed E-state index contributed by atoms with van der Waals surface area (Å²) < 4.78 is 16.7. The van der Waals surface area contributed by atoms with E-state index in [9.17, 15) is 9.59 Å². The van der Waals surface area contributed by atoms with Crippen molar-refractivity contribution in [2.75, 3.05) is 12.4 Å². The number of methoxy groups -OCH3 is 1. The number of benzene rings is 2. The predicted octanol–water partition coefficient (Wildman–Crippen LogP) is 4.02. The van der Waals surface area contributed by atoms with Crippen molar-refractivity contribution in [2.45, 2.75) is 19.4 Å². The van der Waals surface area contributed by atoms with Gasteiger partial charge in [-0.1, -0.05) is 24.3 Å². The average Bonchev–Trinajstić information content (AvgIpc) is 3.36. The molecule has 2 heterocycles. The van der Waals surface area contributed by atoms with Gasteiger partial charge in [-0.15, -0.1) is 0 Å². The van der Waals surface area contributed by atoms with Crippen molar-refractivity contribution in [3.63, 3.8) is 0 Å². The van der Waals surface area contributed by atoms with Crippen LogP contribution in [0.15, 0.2) is 47.2 Å². The summed E-state index contributed by atoms with van der Waals surface area (Å²) in [5.41, 5.74) is 1.86. The molecule has 1 unspecified atom stereocenters. The molecule has 0 aliphatic rings. The molecule has 148 valence electrons. The van der Waals surface area contributed by atoms with Crippen molar-refractivity contribution >= 4 is 49.7 Å². The molecular formula is C20H17N3O5S. The molecule has 0 saturated carbocycles. The number of carbonyl (C=O) groups is 2. The van der Waals surface area contributed by atoms with E-state index in [1.165, 1.54) is 17.7 Å². The topological polar surface area (TPSA) is 104 Å². The van der Waals surface area contributed by atoms with Gasteiger partial charge in [0.2, 0.25) is 0 Å². The smallest absolute Gasteiger partial charge is 0.341 e. The lowest BCUT2D eigenvalue weighted by Crippen LogP contribution is -2.32. The van der Waals surface area contributed by atoms with Crippen LogP contribution in [-0.4, -0.2) is 35.1 Å². The molecule has 8 nitrogen and oxygen atoms in total. The fraction of sp³-hybridized carbons (Fsp3) is 0.200. The normalized spacial score (nSPS) is 12.1. The summed E-state index contributed by atoms with van der Waals surface area (Å²) in [4.78, 5) is 33.6. The Kier molecular flexibility index (Phi) is 5.13. The monoisotopic (exact) mass is 411 g/mol. The average molecular weight is 411 g/mol. The Labute approximate surface area is 169 Å². The minimum absolute atomic E-state index is 0.245. The van der Waals surface area contributed by atoms with E-state index in [0.29, 0.717) is 28.4 Å². The largest absolute Gasteiger partial charge is 0.497 e. The quantitative estimate of drug-likeness (QED) is 0.478. The highest BCUT2D eigenvalue weighted by atomic mass is 32.1. The number of rotatable bonds is 6. The summed E-state index contributed by atoms with van der Waals surface area (Å²) in [6, 6.07) is 10.4. The number of carbonyl (C=O) groups excluding carboxylic acids is 2. The second-order valence-corrected chi connectivity index (χ2v) is 7.18. The molecule has 0 radical (unpaired) electrons. The number of anilines is 1. The molecule has 9 heteroatoms. The number of oxazole rings is 1. The van der Waals surface area contributed by atoms with Gasteiger partial charge in [-0.3, -0.25) is 10.1 Å². The number of nitrogens with one attached hydrogen (secondary N) is 1. The number of fused-ring (bicyclic) bond motifs is 2. The summed E-state index contributed by atoms with van der Waals surface area (Å²) in [6.07, 6.45) is 0.602. The zero-order valence-corrected chi connectivity index (χ0v) is 16.5. The van der Waals surface area contributed by atoms with E-state index in [0.717, 1.165) is 10.2 Å². The molecule has 0 bridgehead atoms. The zero-order chi connectivity index (χ0) is 20.4. The number of hydrogen-bond acceptors (Lipinski definition) is 8. The van der Waals surface area contributed by atoms with Gasteiger partial charge >= 0.3 is 5.97 Å². The lowest BCUT2D eigenvalue weighted by Gasteiger charge is -2.15. The highest BCUT2D eigenvalue weighted by Crippen LogP contribution is 2.29. The molecule has 1 amide bonds. The first-order chi connectivity index (χ1) is 14.1. The Morgan fingerprint density at radius 1 is 1.28 bits per heavy atom. The molecule has 0 fully saturated rings. The lowest BCUT2D eigenvalue weighted by atomic mass is 10.2. The Bertz CT molecular complexity index is 1200. The summed E-state index contributed by atoms with van der Waals surface area (Å²) in [5, 5.41) is 3.15. The van der Waals surface area contributed by atoms with E-state index in [2.05, 4.69) is 15.3 Å². The van der Waals surface area contributed by atoms with Crippen molar-refractivity contribution in [3.05, 3.63) is 48.4 Å². The van der Waals surface area contributed by atoms with Crippen LogP contribution >= 0.6 is 11.3 Å². The first-order valence-corrected chi connectivity index (χ1v) is 9.69. The third kappa shape index (κ3) is 3.77. The van der Waals surface area contributed by atoms with Crippen LogP contribution in [0, 0.1) is 0 Å². The molecule has 29 heavy (non-hydrogen) atoms. The number of hydrogen-bond donors (Lipinski definition) is 1. The van der Waals surface area contributed by atoms with Gasteiger partial charge in [0.15, 0.2) is 23.2 Å². The Balaban J connectivity index is 1.49. The third-order valence-corrected chi connectivity index (χ3v) is 5.25. The maximum Gasteiger partial charge on any atom is 0.341 e. The number of para-hydroxylation sites is 1. The predicted molar refractivity (Wildman–Crippen MR) is 108 cm³/mol. The van der Waals surface area contributed by atoms with Crippen LogP contribution in [0.5, 0.6) is 5.75 Å². The minimum atomic E-state index is -0.966. The van der Waals surface area contributed by atoms with E-state index in [-0.39, 0.29) is 5.56 Å². The van der Waals surface area contributed by atoms with Crippen molar-refractivity contribution in [1.29, 1.82) is 0 Å². The number of amides is 1. The van der Waals surface area contributed by atoms with Crippen LogP contribution in [0.25, 0.3) is 21.3 Å². The molecule has 2 aromatic carbocycles. The number of aromatic nitrogens is 2. The van der Waals surface area contributed by atoms with Gasteiger partial charge in [0.05, 0.1) is 22.9 Å². The van der Waals surface area contributed by atoms with Crippen molar-refractivity contribution in [3.8, 4) is 5.75 Å². The van der Waals surface area contributed by atoms with Crippen LogP contribution in [0.2, 0.25) is 0 Å². The Morgan fingerprint density at radius 3 is 2.93 bits per heavy atom. The third-order valence-electron chi connectivity index (χ3n) is 4.32. The Morgan fingerprint density at radius 2 is 2.14 bits per heavy atom. The van der Waals surface area contributed by atoms with Crippen LogP contribution in [-0.2, 0) is 9.53 Å². The Hall–Kier alpha value is -3.46. The fourth-order valence-electron chi connectivity index (χ4n) is 2.84. The van der Waals surface area contributed by atoms with Crippen LogP contribution in [0.4, 0.5) is 5.13 Å². The summed E-state index contributed by atoms with van der Waals surface area (Å²) in [6.45, 7) is 1.76. The van der Waals surface area contributed by atoms with Crippen molar-refractivity contribution in [2.24, 2.45) is 0 Å². The van der Waals surface area contributed by atoms with Crippen molar-refractivity contribution in [1.82, 2.24) is 9.97 Å². The SMILES string of the molecule is CCC(OC(=O)c1cccc2ocnc12)C(=O)Nc1nc2ccc(OC)cc2s1. The van der Waals surface area contributed by atoms with Gasteiger partial charge in [-0.05, 0) is 36.8 Å². The lowest BCUT2D eigenvalue weighted by molar-refractivity contribution is -0.124. The van der Waals surface area contributed by atoms with E-state index in [4.69, 9.17) is 13.9 Å². The molecule has 4 aromatic rings. The number of esters is 1. The van der Waals surface area contributed by atoms with E-state index >= 15 is 0 Å². The minimum Gasteiger partial charge on any atom is -0.497 e. The first kappa shape index (κ1) is 18.9. The standard InChI is InChI=1S/C20H17N3O5S/c1-3-14(28-19(25)12-5-4-6-15-17(12)21-10-27-15)18(24)23-20-22-13-8-7-11(26-2)9-16(13)29-20/h4-10,14H,3H2,1-2H3,(H,22,23,24). The molecule has 1 atom stereocenters. The van der Waals surface area contributed by atoms with E-state index in [1.54, 1.807) is 38.3 Å². The fourth-order valence-corrected chi connectivity index (χ4v) is 3.73. The van der Waals surface area contributed by atoms with E-state index in [1.807, 2.05) is 12.1 Å². The summed E-state index contributed by atoms with van der Waals surface area (Å²) in [7, 11) is 1.59. The highest BCUT2D eigenvalue weighted by molar-refractivity contribution is 7.22. The molecule has 0 aliphatic heterocycles. The van der Waals surface area contributed by atoms with Gasteiger partial charge in [-0.2, -0.15) is 0 Å². The molecule has 0 spiro atoms.